The van der Waals surface area contributed by atoms with E-state index in [0.29, 0.717) is 0 Å². The molecule has 0 aromatic rings. The molecule has 0 rings (SSSR count). The molecule has 0 fully saturated rings. The molecule has 0 N–H and O–H groups in total. The number of hydrogen-bond acceptors (Lipinski definition) is 1. The first kappa shape index (κ1) is 8.50. The van der Waals surface area contributed by atoms with E-state index in [0.717, 1.165) is 21.6 Å². The Bertz CT molecular complexity index is 143. The predicted molar refractivity (Wildman–Crippen MR) is 44.5 cm³/mol. The van der Waals surface area contributed by atoms with Gasteiger partial charge < -0.3 is 4.74 Å². The molecule has 0 saturated heterocycles. The van der Waals surface area contributed by atoms with Crippen LogP contribution in [0.3, 0.4) is 0 Å². The second-order valence-corrected chi connectivity index (χ2v) is 3.81. The lowest BCUT2D eigenvalue weighted by molar-refractivity contribution is 0.299. The molecule has 0 saturated carbocycles. The fourth-order valence-corrected chi connectivity index (χ4v) is 1.44. The highest BCUT2D eigenvalue weighted by Crippen LogP contribution is 2.09. The molecule has 0 amide bonds. The summed E-state index contributed by atoms with van der Waals surface area (Å²) < 4.78 is 5.09. The van der Waals surface area contributed by atoms with E-state index in [1.54, 1.807) is 7.11 Å². The lowest BCUT2D eigenvalue weighted by Crippen LogP contribution is -1.91. The van der Waals surface area contributed by atoms with E-state index in [2.05, 4.69) is 13.5 Å². The van der Waals surface area contributed by atoms with E-state index in [1.165, 1.54) is 5.20 Å². The summed E-state index contributed by atoms with van der Waals surface area (Å²) in [6, 6.07) is 0. The third-order valence-corrected chi connectivity index (χ3v) is 1.50. The SMILES string of the molecule is C=C(C)C(OC)=C(C)[SiH3]. The number of ether oxygens (including phenoxy) is 1. The summed E-state index contributed by atoms with van der Waals surface area (Å²) in [6.07, 6.45) is 0. The Morgan fingerprint density at radius 2 is 1.89 bits per heavy atom. The van der Waals surface area contributed by atoms with E-state index < -0.39 is 0 Å². The zero-order valence-corrected chi connectivity index (χ0v) is 8.62. The maximum atomic E-state index is 5.09. The minimum absolute atomic E-state index is 0.974. The lowest BCUT2D eigenvalue weighted by atomic mass is 10.3. The maximum absolute atomic E-state index is 5.09. The van der Waals surface area contributed by atoms with Gasteiger partial charge in [-0.2, -0.15) is 0 Å². The number of hydrogen-bond donors (Lipinski definition) is 0. The van der Waals surface area contributed by atoms with E-state index >= 15 is 0 Å². The zero-order chi connectivity index (χ0) is 7.44. The second-order valence-electron chi connectivity index (χ2n) is 2.31. The molecule has 0 heterocycles. The molecule has 0 aromatic carbocycles. The quantitative estimate of drug-likeness (QED) is 0.315. The van der Waals surface area contributed by atoms with E-state index in [-0.39, 0.29) is 0 Å². The minimum Gasteiger partial charge on any atom is -0.497 e. The molecule has 0 bridgehead atoms. The molecule has 0 aliphatic heterocycles. The Balaban J connectivity index is 4.35. The van der Waals surface area contributed by atoms with Crippen molar-refractivity contribution in [2.75, 3.05) is 7.11 Å². The van der Waals surface area contributed by atoms with Gasteiger partial charge in [0.25, 0.3) is 0 Å². The monoisotopic (exact) mass is 142 g/mol. The minimum atomic E-state index is 0.974. The molecule has 0 aliphatic rings. The van der Waals surface area contributed by atoms with Gasteiger partial charge in [-0.15, -0.1) is 0 Å². The van der Waals surface area contributed by atoms with Crippen molar-refractivity contribution in [1.82, 2.24) is 0 Å². The van der Waals surface area contributed by atoms with Gasteiger partial charge in [0.1, 0.15) is 5.76 Å². The standard InChI is InChI=1S/C7H14OSi/c1-5(2)7(8-4)6(3)9/h1H2,2-4,9H3. The van der Waals surface area contributed by atoms with Crippen molar-refractivity contribution in [1.29, 1.82) is 0 Å². The van der Waals surface area contributed by atoms with Gasteiger partial charge >= 0.3 is 0 Å². The molecule has 0 atom stereocenters. The highest BCUT2D eigenvalue weighted by atomic mass is 28.1. The molecule has 0 aliphatic carbocycles. The van der Waals surface area contributed by atoms with Crippen molar-refractivity contribution in [3.63, 3.8) is 0 Å². The summed E-state index contributed by atoms with van der Waals surface area (Å²) in [6.45, 7) is 7.81. The van der Waals surface area contributed by atoms with Crippen LogP contribution in [0.15, 0.2) is 23.1 Å². The summed E-state index contributed by atoms with van der Waals surface area (Å²) >= 11 is 0. The van der Waals surface area contributed by atoms with E-state index in [4.69, 9.17) is 4.74 Å². The van der Waals surface area contributed by atoms with Gasteiger partial charge in [0.05, 0.1) is 7.11 Å². The van der Waals surface area contributed by atoms with Crippen molar-refractivity contribution >= 4 is 10.2 Å². The van der Waals surface area contributed by atoms with Gasteiger partial charge in [0, 0.05) is 10.2 Å². The molecular formula is C7H14OSi. The van der Waals surface area contributed by atoms with Crippen LogP contribution >= 0.6 is 0 Å². The van der Waals surface area contributed by atoms with E-state index in [9.17, 15) is 0 Å². The topological polar surface area (TPSA) is 9.23 Å². The van der Waals surface area contributed by atoms with Gasteiger partial charge in [0.2, 0.25) is 0 Å². The number of methoxy groups -OCH3 is 1. The fourth-order valence-electron chi connectivity index (χ4n) is 0.805. The summed E-state index contributed by atoms with van der Waals surface area (Å²) in [4.78, 5) is 0. The van der Waals surface area contributed by atoms with Gasteiger partial charge in [-0.05, 0) is 19.4 Å². The summed E-state index contributed by atoms with van der Waals surface area (Å²) in [7, 11) is 2.74. The van der Waals surface area contributed by atoms with Crippen molar-refractivity contribution < 1.29 is 4.74 Å². The van der Waals surface area contributed by atoms with Crippen LogP contribution in [-0.4, -0.2) is 17.4 Å². The average Bonchev–Trinajstić information content (AvgIpc) is 1.64. The van der Waals surface area contributed by atoms with Crippen molar-refractivity contribution in [3.8, 4) is 0 Å². The van der Waals surface area contributed by atoms with Crippen LogP contribution in [0.2, 0.25) is 0 Å². The van der Waals surface area contributed by atoms with Crippen LogP contribution in [0, 0.1) is 0 Å². The Labute approximate surface area is 59.8 Å². The zero-order valence-electron chi connectivity index (χ0n) is 6.62. The molecule has 1 nitrogen and oxygen atoms in total. The Morgan fingerprint density at radius 3 is 1.89 bits per heavy atom. The Kier molecular flexibility index (Phi) is 3.31. The fraction of sp³-hybridized carbons (Fsp3) is 0.429. The number of allylic oxidation sites excluding steroid dienone is 2. The average molecular weight is 142 g/mol. The first-order valence-corrected chi connectivity index (χ1v) is 3.97. The molecule has 0 radical (unpaired) electrons. The third-order valence-electron chi connectivity index (χ3n) is 1.05. The smallest absolute Gasteiger partial charge is 0.115 e. The van der Waals surface area contributed by atoms with Crippen LogP contribution in [0.1, 0.15) is 13.8 Å². The maximum Gasteiger partial charge on any atom is 0.115 e. The van der Waals surface area contributed by atoms with Gasteiger partial charge in [-0.3, -0.25) is 0 Å². The lowest BCUT2D eigenvalue weighted by Gasteiger charge is -2.06. The Morgan fingerprint density at radius 1 is 1.44 bits per heavy atom. The molecule has 2 heteroatoms. The first-order chi connectivity index (χ1) is 4.09. The third kappa shape index (κ3) is 2.51. The van der Waals surface area contributed by atoms with E-state index in [1.807, 2.05) is 6.92 Å². The molecule has 9 heavy (non-hydrogen) atoms. The van der Waals surface area contributed by atoms with Crippen LogP contribution in [0.4, 0.5) is 0 Å². The van der Waals surface area contributed by atoms with Crippen molar-refractivity contribution in [2.24, 2.45) is 0 Å². The highest BCUT2D eigenvalue weighted by molar-refractivity contribution is 6.21. The van der Waals surface area contributed by atoms with Crippen LogP contribution in [-0.2, 0) is 4.74 Å². The van der Waals surface area contributed by atoms with Crippen LogP contribution in [0.5, 0.6) is 0 Å². The summed E-state index contributed by atoms with van der Waals surface area (Å²) in [5.74, 6) is 0.974. The van der Waals surface area contributed by atoms with Gasteiger partial charge in [-0.1, -0.05) is 11.8 Å². The molecule has 0 aromatic heterocycles. The summed E-state index contributed by atoms with van der Waals surface area (Å²) in [5, 5.41) is 1.31. The predicted octanol–water partition coefficient (Wildman–Crippen LogP) is 0.806. The summed E-state index contributed by atoms with van der Waals surface area (Å²) in [5.41, 5.74) is 1.02. The number of rotatable bonds is 2. The first-order valence-electron chi connectivity index (χ1n) is 2.97. The molecule has 52 valence electrons. The second kappa shape index (κ2) is 3.51. The van der Waals surface area contributed by atoms with Crippen molar-refractivity contribution in [3.05, 3.63) is 23.1 Å². The highest BCUT2D eigenvalue weighted by Gasteiger charge is 1.96. The normalized spacial score (nSPS) is 12.8. The largest absolute Gasteiger partial charge is 0.497 e. The van der Waals surface area contributed by atoms with Crippen LogP contribution in [0.25, 0.3) is 0 Å². The van der Waals surface area contributed by atoms with Crippen LogP contribution < -0.4 is 0 Å². The molecule has 0 spiro atoms. The van der Waals surface area contributed by atoms with Crippen molar-refractivity contribution in [2.45, 2.75) is 13.8 Å². The Hall–Kier alpha value is -0.503. The van der Waals surface area contributed by atoms with Gasteiger partial charge in [0.15, 0.2) is 0 Å². The molecule has 0 unspecified atom stereocenters. The molecular weight excluding hydrogens is 128 g/mol. The van der Waals surface area contributed by atoms with Gasteiger partial charge in [-0.25, -0.2) is 0 Å².